The number of thiophene rings is 1. The molecular weight excluding hydrogens is 354 g/mol. The summed E-state index contributed by atoms with van der Waals surface area (Å²) in [4.78, 5) is 13.4. The number of aryl methyl sites for hydroxylation is 2. The summed E-state index contributed by atoms with van der Waals surface area (Å²) in [6.45, 7) is 4.61. The third kappa shape index (κ3) is 3.59. The van der Waals surface area contributed by atoms with E-state index in [1.807, 2.05) is 26.0 Å². The van der Waals surface area contributed by atoms with Crippen LogP contribution >= 0.6 is 11.3 Å². The number of fused-ring (bicyclic) bond motifs is 1. The summed E-state index contributed by atoms with van der Waals surface area (Å²) in [5.74, 6) is 0. The number of nitrogens with one attached hydrogen (secondary N) is 1. The molecule has 0 fully saturated rings. The van der Waals surface area contributed by atoms with Crippen LogP contribution < -0.4 is 10.9 Å². The Morgan fingerprint density at radius 2 is 1.85 bits per heavy atom. The van der Waals surface area contributed by atoms with Crippen molar-refractivity contribution in [1.29, 1.82) is 0 Å². The van der Waals surface area contributed by atoms with Crippen LogP contribution in [0.1, 0.15) is 33.2 Å². The van der Waals surface area contributed by atoms with Gasteiger partial charge in [-0.2, -0.15) is 0 Å². The normalized spacial score (nSPS) is 12.4. The summed E-state index contributed by atoms with van der Waals surface area (Å²) in [7, 11) is 0. The van der Waals surface area contributed by atoms with Gasteiger partial charge >= 0.3 is 5.63 Å². The van der Waals surface area contributed by atoms with Crippen LogP contribution in [0.3, 0.4) is 0 Å². The molecule has 0 aliphatic heterocycles. The number of rotatable bonds is 5. The molecule has 0 amide bonds. The Kier molecular flexibility index (Phi) is 4.92. The maximum Gasteiger partial charge on any atom is 0.336 e. The van der Waals surface area contributed by atoms with Crippen molar-refractivity contribution in [2.75, 3.05) is 0 Å². The zero-order valence-corrected chi connectivity index (χ0v) is 16.2. The standard InChI is InChI=1S/C23H21NO2S/c1-15-10-11-19-18(13-21(25)26-23(19)16(15)2)14-24-22(20-9-6-12-27-20)17-7-4-3-5-8-17/h3-13,22,24H,14H2,1-2H3/t22-/m0/s1. The van der Waals surface area contributed by atoms with E-state index in [9.17, 15) is 4.79 Å². The first-order chi connectivity index (χ1) is 13.1. The average molecular weight is 375 g/mol. The van der Waals surface area contributed by atoms with E-state index >= 15 is 0 Å². The minimum atomic E-state index is -0.305. The van der Waals surface area contributed by atoms with Gasteiger partial charge in [0, 0.05) is 22.9 Å². The molecule has 0 saturated heterocycles. The molecule has 0 radical (unpaired) electrons. The number of hydrogen-bond donors (Lipinski definition) is 1. The second-order valence-electron chi connectivity index (χ2n) is 6.71. The van der Waals surface area contributed by atoms with Gasteiger partial charge in [-0.15, -0.1) is 11.3 Å². The molecule has 3 nitrogen and oxygen atoms in total. The molecule has 4 aromatic rings. The van der Waals surface area contributed by atoms with Gasteiger partial charge < -0.3 is 9.73 Å². The van der Waals surface area contributed by atoms with Gasteiger partial charge in [-0.25, -0.2) is 4.79 Å². The highest BCUT2D eigenvalue weighted by Gasteiger charge is 2.16. The summed E-state index contributed by atoms with van der Waals surface area (Å²) in [5.41, 5.74) is 4.69. The fourth-order valence-electron chi connectivity index (χ4n) is 3.37. The molecule has 1 N–H and O–H groups in total. The van der Waals surface area contributed by atoms with Crippen LogP contribution in [0.5, 0.6) is 0 Å². The van der Waals surface area contributed by atoms with Crippen LogP contribution in [-0.4, -0.2) is 0 Å². The second-order valence-corrected chi connectivity index (χ2v) is 7.69. The van der Waals surface area contributed by atoms with Gasteiger partial charge in [0.25, 0.3) is 0 Å². The van der Waals surface area contributed by atoms with Crippen molar-refractivity contribution in [3.63, 3.8) is 0 Å². The Balaban J connectivity index is 1.71. The average Bonchev–Trinajstić information content (AvgIpc) is 3.20. The molecular formula is C23H21NO2S. The summed E-state index contributed by atoms with van der Waals surface area (Å²) >= 11 is 1.73. The molecule has 2 aromatic carbocycles. The SMILES string of the molecule is Cc1ccc2c(CN[C@@H](c3ccccc3)c3cccs3)cc(=O)oc2c1C. The van der Waals surface area contributed by atoms with E-state index in [4.69, 9.17) is 4.42 Å². The first-order valence-electron chi connectivity index (χ1n) is 8.98. The molecule has 1 atom stereocenters. The van der Waals surface area contributed by atoms with Gasteiger partial charge in [-0.3, -0.25) is 0 Å². The quantitative estimate of drug-likeness (QED) is 0.478. The number of benzene rings is 2. The lowest BCUT2D eigenvalue weighted by molar-refractivity contribution is 0.551. The third-order valence-corrected chi connectivity index (χ3v) is 5.91. The van der Waals surface area contributed by atoms with E-state index in [0.717, 1.165) is 22.1 Å². The molecule has 4 heteroatoms. The summed E-state index contributed by atoms with van der Waals surface area (Å²) in [6.07, 6.45) is 0. The Bertz CT molecular complexity index is 1110. The van der Waals surface area contributed by atoms with Crippen molar-refractivity contribution in [3.8, 4) is 0 Å². The van der Waals surface area contributed by atoms with Gasteiger partial charge in [0.1, 0.15) is 5.58 Å². The van der Waals surface area contributed by atoms with Gasteiger partial charge in [0.05, 0.1) is 6.04 Å². The zero-order chi connectivity index (χ0) is 18.8. The molecule has 0 unspecified atom stereocenters. The molecule has 0 aliphatic rings. The van der Waals surface area contributed by atoms with Crippen molar-refractivity contribution in [1.82, 2.24) is 5.32 Å². The van der Waals surface area contributed by atoms with Gasteiger partial charge in [-0.1, -0.05) is 48.5 Å². The van der Waals surface area contributed by atoms with Crippen LogP contribution in [0, 0.1) is 13.8 Å². The maximum absolute atomic E-state index is 12.1. The molecule has 4 rings (SSSR count). The van der Waals surface area contributed by atoms with Crippen molar-refractivity contribution >= 4 is 22.3 Å². The molecule has 0 spiro atoms. The highest BCUT2D eigenvalue weighted by molar-refractivity contribution is 7.10. The predicted molar refractivity (Wildman–Crippen MR) is 111 cm³/mol. The number of hydrogen-bond acceptors (Lipinski definition) is 4. The maximum atomic E-state index is 12.1. The Morgan fingerprint density at radius 3 is 2.59 bits per heavy atom. The van der Waals surface area contributed by atoms with E-state index in [-0.39, 0.29) is 11.7 Å². The van der Waals surface area contributed by atoms with E-state index in [0.29, 0.717) is 12.1 Å². The molecule has 136 valence electrons. The topological polar surface area (TPSA) is 42.2 Å². The van der Waals surface area contributed by atoms with Crippen LogP contribution in [0.4, 0.5) is 0 Å². The van der Waals surface area contributed by atoms with Gasteiger partial charge in [-0.05, 0) is 47.5 Å². The fraction of sp³-hybridized carbons (Fsp3) is 0.174. The highest BCUT2D eigenvalue weighted by atomic mass is 32.1. The summed E-state index contributed by atoms with van der Waals surface area (Å²) in [6, 6.07) is 20.4. The van der Waals surface area contributed by atoms with Gasteiger partial charge in [0.2, 0.25) is 0 Å². The van der Waals surface area contributed by atoms with Crippen molar-refractivity contribution in [2.45, 2.75) is 26.4 Å². The Labute approximate surface area is 162 Å². The van der Waals surface area contributed by atoms with E-state index in [1.165, 1.54) is 10.4 Å². The van der Waals surface area contributed by atoms with Crippen molar-refractivity contribution in [2.24, 2.45) is 0 Å². The fourth-order valence-corrected chi connectivity index (χ4v) is 4.19. The van der Waals surface area contributed by atoms with Crippen LogP contribution in [-0.2, 0) is 6.54 Å². The molecule has 0 bridgehead atoms. The van der Waals surface area contributed by atoms with E-state index in [2.05, 4.69) is 53.2 Å². The summed E-state index contributed by atoms with van der Waals surface area (Å²) < 4.78 is 5.50. The first kappa shape index (κ1) is 17.7. The predicted octanol–water partition coefficient (Wildman–Crippen LogP) is 5.35. The summed E-state index contributed by atoms with van der Waals surface area (Å²) in [5, 5.41) is 6.72. The van der Waals surface area contributed by atoms with Crippen molar-refractivity contribution < 1.29 is 4.42 Å². The lowest BCUT2D eigenvalue weighted by Gasteiger charge is -2.19. The minimum Gasteiger partial charge on any atom is -0.422 e. The lowest BCUT2D eigenvalue weighted by Crippen LogP contribution is -2.22. The van der Waals surface area contributed by atoms with Crippen molar-refractivity contribution in [3.05, 3.63) is 104 Å². The van der Waals surface area contributed by atoms with Crippen LogP contribution in [0.2, 0.25) is 0 Å². The minimum absolute atomic E-state index is 0.0834. The lowest BCUT2D eigenvalue weighted by atomic mass is 10.0. The van der Waals surface area contributed by atoms with Crippen LogP contribution in [0.15, 0.2) is 75.3 Å². The monoisotopic (exact) mass is 375 g/mol. The van der Waals surface area contributed by atoms with Crippen LogP contribution in [0.25, 0.3) is 11.0 Å². The Morgan fingerprint density at radius 1 is 1.04 bits per heavy atom. The Hall–Kier alpha value is -2.69. The second kappa shape index (κ2) is 7.51. The van der Waals surface area contributed by atoms with Gasteiger partial charge in [0.15, 0.2) is 0 Å². The van der Waals surface area contributed by atoms with E-state index < -0.39 is 0 Å². The largest absolute Gasteiger partial charge is 0.422 e. The molecule has 2 aromatic heterocycles. The molecule has 27 heavy (non-hydrogen) atoms. The first-order valence-corrected chi connectivity index (χ1v) is 9.86. The molecule has 0 aliphatic carbocycles. The van der Waals surface area contributed by atoms with E-state index in [1.54, 1.807) is 17.4 Å². The zero-order valence-electron chi connectivity index (χ0n) is 15.4. The molecule has 0 saturated carbocycles. The molecule has 2 heterocycles. The smallest absolute Gasteiger partial charge is 0.336 e. The third-order valence-electron chi connectivity index (χ3n) is 4.97. The highest BCUT2D eigenvalue weighted by Crippen LogP contribution is 2.28.